The molecule has 140 valence electrons. The number of amides is 1. The molecule has 0 spiro atoms. The second-order valence-corrected chi connectivity index (χ2v) is 7.60. The van der Waals surface area contributed by atoms with Crippen LogP contribution in [0.1, 0.15) is 9.67 Å². The van der Waals surface area contributed by atoms with Gasteiger partial charge in [-0.3, -0.25) is 14.5 Å². The first-order valence-corrected chi connectivity index (χ1v) is 9.55. The van der Waals surface area contributed by atoms with Gasteiger partial charge in [0, 0.05) is 51.2 Å². The third-order valence-electron chi connectivity index (χ3n) is 4.57. The van der Waals surface area contributed by atoms with Crippen LogP contribution in [0, 0.1) is 0 Å². The number of nitrogens with zero attached hydrogens (tertiary/aromatic N) is 6. The molecule has 1 fully saturated rings. The van der Waals surface area contributed by atoms with E-state index in [1.165, 1.54) is 11.3 Å². The number of hydrogen-bond donors (Lipinski definition) is 1. The standard InChI is InChI=1S/C18H21N7OS/c1-23-5-7-25(8-6-23)15-3-4-19-10-14(15)22-17(26)16-11-20-18(27-16)13-9-21-24(2)12-13/h3-4,9-12H,5-8H2,1-2H3,(H,22,26). The molecular formula is C18H21N7OS. The Morgan fingerprint density at radius 2 is 1.96 bits per heavy atom. The minimum atomic E-state index is -0.175. The molecular weight excluding hydrogens is 362 g/mol. The van der Waals surface area contributed by atoms with Crippen molar-refractivity contribution in [2.45, 2.75) is 0 Å². The number of nitrogens with one attached hydrogen (secondary N) is 1. The summed E-state index contributed by atoms with van der Waals surface area (Å²) in [6, 6.07) is 1.95. The van der Waals surface area contributed by atoms with Gasteiger partial charge in [0.25, 0.3) is 5.91 Å². The Balaban J connectivity index is 1.51. The van der Waals surface area contributed by atoms with Crippen molar-refractivity contribution < 1.29 is 4.79 Å². The topological polar surface area (TPSA) is 79.2 Å². The molecule has 1 saturated heterocycles. The molecule has 1 N–H and O–H groups in total. The number of carbonyl (C=O) groups excluding carboxylic acids is 1. The van der Waals surface area contributed by atoms with Crippen LogP contribution in [0.5, 0.6) is 0 Å². The van der Waals surface area contributed by atoms with Crippen molar-refractivity contribution >= 4 is 28.6 Å². The molecule has 0 radical (unpaired) electrons. The number of rotatable bonds is 4. The highest BCUT2D eigenvalue weighted by Gasteiger charge is 2.19. The van der Waals surface area contributed by atoms with Crippen LogP contribution in [0.4, 0.5) is 11.4 Å². The number of likely N-dealkylation sites (N-methyl/N-ethyl adjacent to an activating group) is 1. The maximum Gasteiger partial charge on any atom is 0.267 e. The number of aromatic nitrogens is 4. The molecule has 8 nitrogen and oxygen atoms in total. The second kappa shape index (κ2) is 7.45. The first-order chi connectivity index (χ1) is 13.1. The fourth-order valence-corrected chi connectivity index (χ4v) is 3.82. The highest BCUT2D eigenvalue weighted by Crippen LogP contribution is 2.28. The zero-order chi connectivity index (χ0) is 18.8. The van der Waals surface area contributed by atoms with Crippen LogP contribution >= 0.6 is 11.3 Å². The first kappa shape index (κ1) is 17.6. The molecule has 0 bridgehead atoms. The van der Waals surface area contributed by atoms with Crippen molar-refractivity contribution in [3.05, 3.63) is 41.9 Å². The number of hydrogen-bond acceptors (Lipinski definition) is 7. The summed E-state index contributed by atoms with van der Waals surface area (Å²) in [4.78, 5) is 26.4. The van der Waals surface area contributed by atoms with Gasteiger partial charge in [-0.05, 0) is 13.1 Å². The molecule has 0 aromatic carbocycles. The Morgan fingerprint density at radius 3 is 2.70 bits per heavy atom. The van der Waals surface area contributed by atoms with E-state index in [0.29, 0.717) is 4.88 Å². The fraction of sp³-hybridized carbons (Fsp3) is 0.333. The SMILES string of the molecule is CN1CCN(c2ccncc2NC(=O)c2cnc(-c3cnn(C)c3)s2)CC1. The average molecular weight is 383 g/mol. The van der Waals surface area contributed by atoms with Crippen LogP contribution in [0.15, 0.2) is 37.1 Å². The summed E-state index contributed by atoms with van der Waals surface area (Å²) in [5.74, 6) is -0.175. The van der Waals surface area contributed by atoms with Crippen molar-refractivity contribution in [2.75, 3.05) is 43.4 Å². The molecule has 1 amide bonds. The molecule has 27 heavy (non-hydrogen) atoms. The Bertz CT molecular complexity index is 943. The van der Waals surface area contributed by atoms with Crippen molar-refractivity contribution in [1.82, 2.24) is 24.6 Å². The lowest BCUT2D eigenvalue weighted by Crippen LogP contribution is -2.44. The van der Waals surface area contributed by atoms with E-state index in [-0.39, 0.29) is 5.91 Å². The smallest absolute Gasteiger partial charge is 0.267 e. The van der Waals surface area contributed by atoms with Gasteiger partial charge >= 0.3 is 0 Å². The Hall–Kier alpha value is -2.78. The van der Waals surface area contributed by atoms with E-state index in [0.717, 1.165) is 48.1 Å². The monoisotopic (exact) mass is 383 g/mol. The van der Waals surface area contributed by atoms with E-state index in [4.69, 9.17) is 0 Å². The third-order valence-corrected chi connectivity index (χ3v) is 5.62. The molecule has 1 aliphatic heterocycles. The third kappa shape index (κ3) is 3.83. The fourth-order valence-electron chi connectivity index (χ4n) is 3.03. The summed E-state index contributed by atoms with van der Waals surface area (Å²) in [6.45, 7) is 3.85. The Kier molecular flexibility index (Phi) is 4.87. The highest BCUT2D eigenvalue weighted by molar-refractivity contribution is 7.17. The van der Waals surface area contributed by atoms with Crippen LogP contribution < -0.4 is 10.2 Å². The van der Waals surface area contributed by atoms with Crippen LogP contribution in [0.2, 0.25) is 0 Å². The maximum absolute atomic E-state index is 12.7. The van der Waals surface area contributed by atoms with E-state index < -0.39 is 0 Å². The van der Waals surface area contributed by atoms with Crippen LogP contribution in [0.25, 0.3) is 10.6 Å². The Morgan fingerprint density at radius 1 is 1.15 bits per heavy atom. The average Bonchev–Trinajstić information content (AvgIpc) is 3.32. The van der Waals surface area contributed by atoms with Crippen molar-refractivity contribution in [2.24, 2.45) is 7.05 Å². The van der Waals surface area contributed by atoms with Gasteiger partial charge in [0.2, 0.25) is 0 Å². The summed E-state index contributed by atoms with van der Waals surface area (Å²) >= 11 is 1.35. The van der Waals surface area contributed by atoms with Gasteiger partial charge in [0.1, 0.15) is 9.88 Å². The molecule has 9 heteroatoms. The van der Waals surface area contributed by atoms with Crippen LogP contribution in [0.3, 0.4) is 0 Å². The number of thiazole rings is 1. The van der Waals surface area contributed by atoms with E-state index >= 15 is 0 Å². The summed E-state index contributed by atoms with van der Waals surface area (Å²) in [6.07, 6.45) is 8.69. The first-order valence-electron chi connectivity index (χ1n) is 8.74. The van der Waals surface area contributed by atoms with Crippen molar-refractivity contribution in [1.29, 1.82) is 0 Å². The molecule has 0 atom stereocenters. The van der Waals surface area contributed by atoms with Gasteiger partial charge in [-0.1, -0.05) is 0 Å². The summed E-state index contributed by atoms with van der Waals surface area (Å²) < 4.78 is 1.72. The minimum absolute atomic E-state index is 0.175. The number of carbonyl (C=O) groups is 1. The quantitative estimate of drug-likeness (QED) is 0.742. The summed E-state index contributed by atoms with van der Waals surface area (Å²) in [7, 11) is 3.98. The zero-order valence-corrected chi connectivity index (χ0v) is 16.1. The summed E-state index contributed by atoms with van der Waals surface area (Å²) in [5.41, 5.74) is 2.63. The molecule has 0 saturated carbocycles. The molecule has 3 aromatic heterocycles. The molecule has 0 unspecified atom stereocenters. The zero-order valence-electron chi connectivity index (χ0n) is 15.3. The predicted octanol–water partition coefficient (Wildman–Crippen LogP) is 1.94. The van der Waals surface area contributed by atoms with Gasteiger partial charge in [0.05, 0.1) is 30.0 Å². The van der Waals surface area contributed by atoms with Gasteiger partial charge in [-0.25, -0.2) is 4.98 Å². The van der Waals surface area contributed by atoms with E-state index in [2.05, 4.69) is 37.2 Å². The maximum atomic E-state index is 12.7. The van der Waals surface area contributed by atoms with Gasteiger partial charge in [0.15, 0.2) is 0 Å². The lowest BCUT2D eigenvalue weighted by Gasteiger charge is -2.34. The van der Waals surface area contributed by atoms with Crippen LogP contribution in [-0.2, 0) is 7.05 Å². The lowest BCUT2D eigenvalue weighted by molar-refractivity contribution is 0.103. The lowest BCUT2D eigenvalue weighted by atomic mass is 10.2. The molecule has 0 aliphatic carbocycles. The Labute approximate surface area is 161 Å². The summed E-state index contributed by atoms with van der Waals surface area (Å²) in [5, 5.41) is 7.92. The number of aryl methyl sites for hydroxylation is 1. The molecule has 4 heterocycles. The van der Waals surface area contributed by atoms with Gasteiger partial charge in [-0.15, -0.1) is 11.3 Å². The van der Waals surface area contributed by atoms with Crippen molar-refractivity contribution in [3.8, 4) is 10.6 Å². The van der Waals surface area contributed by atoms with E-state index in [1.54, 1.807) is 29.5 Å². The van der Waals surface area contributed by atoms with Gasteiger partial charge in [-0.2, -0.15) is 5.10 Å². The number of anilines is 2. The van der Waals surface area contributed by atoms with Gasteiger partial charge < -0.3 is 15.1 Å². The van der Waals surface area contributed by atoms with Crippen molar-refractivity contribution in [3.63, 3.8) is 0 Å². The number of pyridine rings is 1. The number of piperazine rings is 1. The second-order valence-electron chi connectivity index (χ2n) is 6.57. The normalized spacial score (nSPS) is 15.1. The largest absolute Gasteiger partial charge is 0.367 e. The molecule has 4 rings (SSSR count). The minimum Gasteiger partial charge on any atom is -0.367 e. The van der Waals surface area contributed by atoms with Crippen LogP contribution in [-0.4, -0.2) is 63.8 Å². The molecule has 1 aliphatic rings. The highest BCUT2D eigenvalue weighted by atomic mass is 32.1. The molecule has 3 aromatic rings. The van der Waals surface area contributed by atoms with E-state index in [1.807, 2.05) is 19.3 Å². The van der Waals surface area contributed by atoms with E-state index in [9.17, 15) is 4.79 Å². The predicted molar refractivity (Wildman–Crippen MR) is 106 cm³/mol.